The van der Waals surface area contributed by atoms with Gasteiger partial charge in [0.05, 0.1) is 37.5 Å². The summed E-state index contributed by atoms with van der Waals surface area (Å²) in [5.41, 5.74) is 1.07. The monoisotopic (exact) mass is 479 g/mol. The quantitative estimate of drug-likeness (QED) is 0.316. The third kappa shape index (κ3) is 4.72. The highest BCUT2D eigenvalue weighted by atomic mass is 16.5. The number of ketones is 1. The van der Waals surface area contributed by atoms with Gasteiger partial charge in [-0.05, 0) is 44.9 Å². The lowest BCUT2D eigenvalue weighted by molar-refractivity contribution is -0.141. The zero-order valence-electron chi connectivity index (χ0n) is 20.6. The Bertz CT molecular complexity index is 1120. The molecule has 1 N–H and O–H groups in total. The van der Waals surface area contributed by atoms with E-state index in [2.05, 4.69) is 0 Å². The number of aliphatic hydroxyl groups excluding tert-OH is 1. The van der Waals surface area contributed by atoms with Gasteiger partial charge < -0.3 is 24.2 Å². The number of carbonyl (C=O) groups is 2. The molecule has 1 saturated heterocycles. The number of ether oxygens (including phenoxy) is 3. The van der Waals surface area contributed by atoms with Crippen molar-refractivity contribution in [2.24, 2.45) is 0 Å². The van der Waals surface area contributed by atoms with Crippen LogP contribution in [0.1, 0.15) is 63.1 Å². The highest BCUT2D eigenvalue weighted by molar-refractivity contribution is 6.46. The Morgan fingerprint density at radius 2 is 1.69 bits per heavy atom. The molecule has 2 aliphatic rings. The van der Waals surface area contributed by atoms with Gasteiger partial charge in [0.2, 0.25) is 0 Å². The SMILES string of the molecule is CCOc1ccc(/C(O)=C2\C(=O)C(=O)N(C3CCCCC3)C2c2ccccc2OC)c(OCC)c1. The molecule has 186 valence electrons. The van der Waals surface area contributed by atoms with Crippen LogP contribution < -0.4 is 14.2 Å². The van der Waals surface area contributed by atoms with Crippen LogP contribution in [0.15, 0.2) is 48.0 Å². The van der Waals surface area contributed by atoms with Gasteiger partial charge in [-0.3, -0.25) is 9.59 Å². The molecule has 1 aliphatic heterocycles. The second kappa shape index (κ2) is 10.8. The Kier molecular flexibility index (Phi) is 7.63. The maximum absolute atomic E-state index is 13.5. The standard InChI is InChI=1S/C28H33NO6/c1-4-34-19-15-16-21(23(17-19)35-5-2)26(30)24-25(20-13-9-10-14-22(20)33-3)29(28(32)27(24)31)18-11-7-6-8-12-18/h9-10,13-18,25,30H,4-8,11-12H2,1-3H3/b26-24+. The molecule has 1 atom stereocenters. The topological polar surface area (TPSA) is 85.3 Å². The van der Waals surface area contributed by atoms with E-state index in [9.17, 15) is 14.7 Å². The van der Waals surface area contributed by atoms with Gasteiger partial charge in [0.1, 0.15) is 23.0 Å². The number of Topliss-reactive ketones (excluding diaryl/α,β-unsaturated/α-hetero) is 1. The first-order valence-corrected chi connectivity index (χ1v) is 12.3. The van der Waals surface area contributed by atoms with Crippen LogP contribution >= 0.6 is 0 Å². The molecule has 0 aromatic heterocycles. The predicted molar refractivity (Wildman–Crippen MR) is 133 cm³/mol. The van der Waals surface area contributed by atoms with Crippen LogP contribution in [-0.4, -0.2) is 48.1 Å². The molecule has 2 aromatic rings. The summed E-state index contributed by atoms with van der Waals surface area (Å²) in [4.78, 5) is 28.6. The number of hydrogen-bond donors (Lipinski definition) is 1. The molecule has 0 bridgehead atoms. The average molecular weight is 480 g/mol. The van der Waals surface area contributed by atoms with Gasteiger partial charge in [-0.1, -0.05) is 37.5 Å². The van der Waals surface area contributed by atoms with Crippen molar-refractivity contribution in [3.8, 4) is 17.2 Å². The number of rotatable bonds is 8. The summed E-state index contributed by atoms with van der Waals surface area (Å²) in [6.07, 6.45) is 4.76. The lowest BCUT2D eigenvalue weighted by Gasteiger charge is -2.35. The van der Waals surface area contributed by atoms with Crippen molar-refractivity contribution in [2.75, 3.05) is 20.3 Å². The Morgan fingerprint density at radius 1 is 0.971 bits per heavy atom. The van der Waals surface area contributed by atoms with Crippen LogP contribution in [0.3, 0.4) is 0 Å². The van der Waals surface area contributed by atoms with Crippen LogP contribution in [0.4, 0.5) is 0 Å². The Labute approximate surface area is 206 Å². The van der Waals surface area contributed by atoms with E-state index >= 15 is 0 Å². The van der Waals surface area contributed by atoms with Crippen LogP contribution in [0, 0.1) is 0 Å². The van der Waals surface area contributed by atoms with Crippen molar-refractivity contribution in [3.05, 3.63) is 59.2 Å². The van der Waals surface area contributed by atoms with Crippen LogP contribution in [-0.2, 0) is 9.59 Å². The van der Waals surface area contributed by atoms with Gasteiger partial charge in [0, 0.05) is 17.7 Å². The van der Waals surface area contributed by atoms with Crippen LogP contribution in [0.2, 0.25) is 0 Å². The molecule has 4 rings (SSSR count). The van der Waals surface area contributed by atoms with Gasteiger partial charge in [0.15, 0.2) is 0 Å². The summed E-state index contributed by atoms with van der Waals surface area (Å²) < 4.78 is 17.0. The van der Waals surface area contributed by atoms with Crippen molar-refractivity contribution in [1.29, 1.82) is 0 Å². The minimum atomic E-state index is -0.754. The molecule has 1 saturated carbocycles. The fourth-order valence-electron chi connectivity index (χ4n) is 5.16. The molecule has 1 aliphatic carbocycles. The molecule has 1 heterocycles. The maximum atomic E-state index is 13.5. The van der Waals surface area contributed by atoms with Crippen molar-refractivity contribution in [3.63, 3.8) is 0 Å². The smallest absolute Gasteiger partial charge is 0.295 e. The van der Waals surface area contributed by atoms with E-state index in [1.54, 1.807) is 36.3 Å². The van der Waals surface area contributed by atoms with Crippen LogP contribution in [0.5, 0.6) is 17.2 Å². The minimum Gasteiger partial charge on any atom is -0.507 e. The molecule has 0 radical (unpaired) electrons. The van der Waals surface area contributed by atoms with Gasteiger partial charge in [-0.15, -0.1) is 0 Å². The number of likely N-dealkylation sites (tertiary alicyclic amines) is 1. The summed E-state index contributed by atoms with van der Waals surface area (Å²) in [5.74, 6) is 0.000455. The second-order valence-corrected chi connectivity index (χ2v) is 8.76. The Morgan fingerprint density at radius 3 is 2.37 bits per heavy atom. The molecule has 35 heavy (non-hydrogen) atoms. The van der Waals surface area contributed by atoms with E-state index in [4.69, 9.17) is 14.2 Å². The van der Waals surface area contributed by atoms with Crippen molar-refractivity contribution >= 4 is 17.4 Å². The zero-order valence-corrected chi connectivity index (χ0v) is 20.6. The third-order valence-corrected chi connectivity index (χ3v) is 6.70. The number of hydrogen-bond acceptors (Lipinski definition) is 6. The van der Waals surface area contributed by atoms with E-state index < -0.39 is 17.7 Å². The summed E-state index contributed by atoms with van der Waals surface area (Å²) in [5, 5.41) is 11.6. The van der Waals surface area contributed by atoms with E-state index in [1.807, 2.05) is 32.0 Å². The first-order chi connectivity index (χ1) is 17.0. The van der Waals surface area contributed by atoms with Gasteiger partial charge in [-0.25, -0.2) is 0 Å². The minimum absolute atomic E-state index is 0.0511. The van der Waals surface area contributed by atoms with E-state index in [-0.39, 0.29) is 17.4 Å². The number of methoxy groups -OCH3 is 1. The molecule has 7 heteroatoms. The molecular formula is C28H33NO6. The lowest BCUT2D eigenvalue weighted by Crippen LogP contribution is -2.40. The highest BCUT2D eigenvalue weighted by Gasteiger charge is 2.49. The van der Waals surface area contributed by atoms with E-state index in [0.717, 1.165) is 32.1 Å². The summed E-state index contributed by atoms with van der Waals surface area (Å²) in [7, 11) is 1.56. The Hall–Kier alpha value is -3.48. The van der Waals surface area contributed by atoms with Gasteiger partial charge in [-0.2, -0.15) is 0 Å². The maximum Gasteiger partial charge on any atom is 0.295 e. The fourth-order valence-corrected chi connectivity index (χ4v) is 5.16. The summed E-state index contributed by atoms with van der Waals surface area (Å²) in [6.45, 7) is 4.57. The third-order valence-electron chi connectivity index (χ3n) is 6.70. The summed E-state index contributed by atoms with van der Waals surface area (Å²) >= 11 is 0. The molecule has 2 aromatic carbocycles. The molecule has 2 fully saturated rings. The largest absolute Gasteiger partial charge is 0.507 e. The fraction of sp³-hybridized carbons (Fsp3) is 0.429. The van der Waals surface area contributed by atoms with Crippen molar-refractivity contribution < 1.29 is 28.9 Å². The predicted octanol–water partition coefficient (Wildman–Crippen LogP) is 5.25. The highest BCUT2D eigenvalue weighted by Crippen LogP contribution is 2.46. The van der Waals surface area contributed by atoms with E-state index in [0.29, 0.717) is 41.6 Å². The number of aliphatic hydroxyl groups is 1. The first-order valence-electron chi connectivity index (χ1n) is 12.3. The molecule has 0 spiro atoms. The van der Waals surface area contributed by atoms with Gasteiger partial charge >= 0.3 is 0 Å². The zero-order chi connectivity index (χ0) is 24.9. The summed E-state index contributed by atoms with van der Waals surface area (Å²) in [6, 6.07) is 11.6. The number of carbonyl (C=O) groups excluding carboxylic acids is 2. The first kappa shape index (κ1) is 24.6. The molecular weight excluding hydrogens is 446 g/mol. The average Bonchev–Trinajstić information content (AvgIpc) is 3.15. The Balaban J connectivity index is 1.91. The number of para-hydroxylation sites is 1. The lowest BCUT2D eigenvalue weighted by atomic mass is 9.90. The number of benzene rings is 2. The molecule has 1 amide bonds. The molecule has 7 nitrogen and oxygen atoms in total. The molecule has 1 unspecified atom stereocenters. The van der Waals surface area contributed by atoms with Crippen molar-refractivity contribution in [1.82, 2.24) is 4.90 Å². The number of nitrogens with zero attached hydrogens (tertiary/aromatic N) is 1. The van der Waals surface area contributed by atoms with Gasteiger partial charge in [0.25, 0.3) is 11.7 Å². The van der Waals surface area contributed by atoms with Crippen LogP contribution in [0.25, 0.3) is 5.76 Å². The second-order valence-electron chi connectivity index (χ2n) is 8.76. The van der Waals surface area contributed by atoms with Crippen molar-refractivity contribution in [2.45, 2.75) is 58.0 Å². The van der Waals surface area contributed by atoms with E-state index in [1.165, 1.54) is 0 Å². The normalized spacial score (nSPS) is 20.2. The number of amides is 1.